The van der Waals surface area contributed by atoms with Gasteiger partial charge in [0, 0.05) is 33.9 Å². The zero-order valence-corrected chi connectivity index (χ0v) is 29.7. The van der Waals surface area contributed by atoms with Crippen molar-refractivity contribution in [2.75, 3.05) is 16.1 Å². The zero-order chi connectivity index (χ0) is 37.7. The van der Waals surface area contributed by atoms with Gasteiger partial charge in [-0.05, 0) is 72.3 Å². The monoisotopic (exact) mass is 870 g/mol. The number of aromatic hydroxyl groups is 1. The molecule has 0 unspecified atom stereocenters. The minimum atomic E-state index is -5.41. The fourth-order valence-electron chi connectivity index (χ4n) is 4.36. The van der Waals surface area contributed by atoms with Gasteiger partial charge in [-0.25, -0.2) is 0 Å². The first-order chi connectivity index (χ1) is 23.5. The number of nitrogens with zero attached hydrogens (tertiary/aromatic N) is 4. The van der Waals surface area contributed by atoms with Crippen molar-refractivity contribution in [1.29, 1.82) is 0 Å². The predicted molar refractivity (Wildman–Crippen MR) is 181 cm³/mol. The van der Waals surface area contributed by atoms with Gasteiger partial charge in [0.2, 0.25) is 23.0 Å². The molecule has 1 heterocycles. The fraction of sp³-hybridized carbons (Fsp3) is 0. The average Bonchev–Trinajstić information content (AvgIpc) is 2.99. The number of fused-ring (bicyclic) bond motifs is 1. The van der Waals surface area contributed by atoms with E-state index in [0.29, 0.717) is 12.1 Å². The SMILES string of the molecule is O=C1C(=NNc2cc(S(=O)(=O)O)ccc2O)C(S(=O)(=O)O)=Cc2c1ccc(Nc1nc(Cl)nc(Nc3ccc(S(=O)(=O)O)cc3)n1)c2S(=O)(=O)O.[Cu].[H+].[H+].[H+].[H+]. The van der Waals surface area contributed by atoms with E-state index in [1.807, 2.05) is 0 Å². The largest absolute Gasteiger partial charge is 1.00 e. The molecule has 0 fully saturated rings. The molecule has 3 aromatic carbocycles. The topological polar surface area (TPSA) is 342 Å². The van der Waals surface area contributed by atoms with E-state index in [9.17, 15) is 57.2 Å². The summed E-state index contributed by atoms with van der Waals surface area (Å²) < 4.78 is 134. The molecule has 1 aromatic heterocycles. The summed E-state index contributed by atoms with van der Waals surface area (Å²) in [5.74, 6) is -2.78. The van der Waals surface area contributed by atoms with Crippen molar-refractivity contribution in [3.63, 3.8) is 0 Å². The Morgan fingerprint density at radius 2 is 1.27 bits per heavy atom. The standard InChI is InChI=1S/C25H18ClN7O14S4.Cu/c26-23-29-24(27-11-1-3-12(4-2-11)48(36,37)38)31-25(30-23)28-16-7-6-14-15(22(16)51(45,46)47)10-19(50(42,43)44)20(21(14)35)33-32-17-9-13(49(39,40)41)5-8-18(17)34;/h1-10,32,34H,(H,36,37,38)(H,39,40,41)(H,42,43,44)(H,45,46,47)(H2,27,28,29,30,31);/p+4. The van der Waals surface area contributed by atoms with Crippen LogP contribution in [0.5, 0.6) is 5.75 Å². The molecular formula is C25H22ClCuN7O14S4+4. The predicted octanol–water partition coefficient (Wildman–Crippen LogP) is 2.80. The van der Waals surface area contributed by atoms with Crippen molar-refractivity contribution < 1.29 is 84.6 Å². The Balaban J connectivity index is 0.00000605. The maximum Gasteiger partial charge on any atom is 1.00 e. The third-order valence-corrected chi connectivity index (χ3v) is 10.2. The van der Waals surface area contributed by atoms with Crippen LogP contribution in [0.3, 0.4) is 0 Å². The van der Waals surface area contributed by atoms with Crippen LogP contribution in [0.4, 0.5) is 29.0 Å². The molecule has 4 aromatic rings. The van der Waals surface area contributed by atoms with Gasteiger partial charge < -0.3 is 15.7 Å². The summed E-state index contributed by atoms with van der Waals surface area (Å²) in [7, 11) is -20.1. The normalized spacial score (nSPS) is 14.2. The number of benzene rings is 3. The molecular weight excluding hydrogens is 850 g/mol. The van der Waals surface area contributed by atoms with Gasteiger partial charge >= 0.3 is 5.71 Å². The van der Waals surface area contributed by atoms with E-state index in [4.69, 9.17) is 16.2 Å². The molecule has 0 aliphatic heterocycles. The molecule has 27 heteroatoms. The van der Waals surface area contributed by atoms with Crippen LogP contribution in [0.15, 0.2) is 79.3 Å². The van der Waals surface area contributed by atoms with Crippen LogP contribution in [0.1, 0.15) is 21.6 Å². The van der Waals surface area contributed by atoms with Crippen LogP contribution in [0.25, 0.3) is 6.08 Å². The number of hydrogen-bond acceptors (Lipinski definition) is 17. The van der Waals surface area contributed by atoms with Crippen molar-refractivity contribution in [2.45, 2.75) is 14.7 Å². The van der Waals surface area contributed by atoms with Crippen LogP contribution in [0, 0.1) is 0 Å². The van der Waals surface area contributed by atoms with E-state index in [1.54, 1.807) is 0 Å². The van der Waals surface area contributed by atoms with Gasteiger partial charge in [-0.2, -0.15) is 53.7 Å². The van der Waals surface area contributed by atoms with Gasteiger partial charge in [-0.15, -0.1) is 0 Å². The Kier molecular flexibility index (Phi) is 11.2. The van der Waals surface area contributed by atoms with Gasteiger partial charge in [0.25, 0.3) is 40.5 Å². The molecule has 1 aliphatic carbocycles. The van der Waals surface area contributed by atoms with Crippen LogP contribution in [0.2, 0.25) is 5.28 Å². The van der Waals surface area contributed by atoms with E-state index in [-0.39, 0.29) is 34.4 Å². The molecule has 0 saturated heterocycles. The second-order valence-corrected chi connectivity index (χ2v) is 15.8. The minimum absolute atomic E-state index is 0. The second kappa shape index (κ2) is 14.4. The van der Waals surface area contributed by atoms with Crippen LogP contribution < -0.4 is 16.1 Å². The first-order valence-electron chi connectivity index (χ1n) is 13.1. The third kappa shape index (κ3) is 8.88. The number of carbonyl (C=O) groups excluding carboxylic acids is 1. The summed E-state index contributed by atoms with van der Waals surface area (Å²) in [5.41, 5.74) is -1.27. The fourth-order valence-corrected chi connectivity index (χ4v) is 7.00. The Bertz CT molecular complexity index is 2680. The van der Waals surface area contributed by atoms with Crippen molar-refractivity contribution in [3.8, 4) is 5.75 Å². The first kappa shape index (κ1) is 40.2. The van der Waals surface area contributed by atoms with E-state index >= 15 is 0 Å². The molecule has 0 spiro atoms. The number of Topliss-reactive ketones (excluding diaryl/α,β-unsaturated/α-hetero) is 1. The zero-order valence-electron chi connectivity index (χ0n) is 28.8. The molecule has 21 nitrogen and oxygen atoms in total. The van der Waals surface area contributed by atoms with E-state index in [2.05, 4.69) is 36.1 Å². The number of carbonyl (C=O) groups is 1. The van der Waals surface area contributed by atoms with Gasteiger partial charge in [-0.1, -0.05) is 0 Å². The van der Waals surface area contributed by atoms with E-state index in [1.165, 1.54) is 12.1 Å². The first-order valence-corrected chi connectivity index (χ1v) is 19.2. The summed E-state index contributed by atoms with van der Waals surface area (Å²) in [4.78, 5) is 21.6. The van der Waals surface area contributed by atoms with Crippen molar-refractivity contribution in [1.82, 2.24) is 15.0 Å². The van der Waals surface area contributed by atoms with E-state index in [0.717, 1.165) is 36.4 Å². The number of phenols is 1. The summed E-state index contributed by atoms with van der Waals surface area (Å²) in [5, 5.41) is 18.3. The number of nitrogens with one attached hydrogen (secondary N) is 3. The number of aromatic nitrogens is 3. The molecule has 0 bridgehead atoms. The second-order valence-electron chi connectivity index (χ2n) is 9.92. The number of allylic oxidation sites excluding steroid dienone is 1. The van der Waals surface area contributed by atoms with Gasteiger partial charge in [0.15, 0.2) is 5.71 Å². The Labute approximate surface area is 314 Å². The summed E-state index contributed by atoms with van der Waals surface area (Å²) >= 11 is 5.98. The summed E-state index contributed by atoms with van der Waals surface area (Å²) in [6, 6.07) is 8.79. The molecule has 52 heavy (non-hydrogen) atoms. The minimum Gasteiger partial charge on any atom is -0.506 e. The average molecular weight is 872 g/mol. The smallest absolute Gasteiger partial charge is 0.506 e. The van der Waals surface area contributed by atoms with Crippen LogP contribution in [-0.4, -0.2) is 83.4 Å². The Morgan fingerprint density at radius 3 is 1.83 bits per heavy atom. The Hall–Kier alpha value is -4.60. The van der Waals surface area contributed by atoms with Gasteiger partial charge in [0.1, 0.15) is 15.6 Å². The number of halogens is 1. The van der Waals surface area contributed by atoms with Crippen LogP contribution in [-0.2, 0) is 57.5 Å². The van der Waals surface area contributed by atoms with Crippen molar-refractivity contribution in [2.24, 2.45) is 5.10 Å². The molecule has 5 rings (SSSR count). The third-order valence-electron chi connectivity index (χ3n) is 6.52. The number of phenolic OH excluding ortho intramolecular Hbond substituents is 1. The number of hydrazone groups is 1. The molecule has 0 amide bonds. The quantitative estimate of drug-likeness (QED) is 0.0491. The summed E-state index contributed by atoms with van der Waals surface area (Å²) in [6.07, 6.45) is 0.485. The number of ketones is 1. The van der Waals surface area contributed by atoms with Gasteiger partial charge in [-0.3, -0.25) is 28.4 Å². The molecule has 0 saturated carbocycles. The maximum atomic E-state index is 13.5. The molecule has 8 N–H and O–H groups in total. The van der Waals surface area contributed by atoms with Crippen molar-refractivity contribution in [3.05, 3.63) is 75.9 Å². The van der Waals surface area contributed by atoms with Crippen molar-refractivity contribution >= 4 is 98.6 Å². The summed E-state index contributed by atoms with van der Waals surface area (Å²) in [6.45, 7) is 0. The maximum absolute atomic E-state index is 13.5. The number of rotatable bonds is 10. The molecule has 1 radical (unpaired) electrons. The molecule has 1 aliphatic rings. The molecule has 279 valence electrons. The molecule has 0 atom stereocenters. The van der Waals surface area contributed by atoms with Gasteiger partial charge in [0.05, 0.1) is 21.2 Å². The number of anilines is 5. The van der Waals surface area contributed by atoms with Crippen LogP contribution >= 0.6 is 11.6 Å². The Morgan fingerprint density at radius 1 is 0.692 bits per heavy atom. The van der Waals surface area contributed by atoms with E-state index < -0.39 is 111 Å². The number of hydrogen-bond donors (Lipinski definition) is 8.